The van der Waals surface area contributed by atoms with Crippen LogP contribution in [0.2, 0.25) is 0 Å². The molecule has 6 nitrogen and oxygen atoms in total. The van der Waals surface area contributed by atoms with E-state index in [2.05, 4.69) is 0 Å². The molecule has 86 valence electrons. The second-order valence-corrected chi connectivity index (χ2v) is 3.05. The van der Waals surface area contributed by atoms with E-state index in [1.165, 1.54) is 6.07 Å². The summed E-state index contributed by atoms with van der Waals surface area (Å²) in [6.45, 7) is 0. The third-order valence-electron chi connectivity index (χ3n) is 1.93. The van der Waals surface area contributed by atoms with Gasteiger partial charge >= 0.3 is 11.7 Å². The minimum absolute atomic E-state index is 0.392. The summed E-state index contributed by atoms with van der Waals surface area (Å²) < 4.78 is 13.4. The maximum absolute atomic E-state index is 13.4. The highest BCUT2D eigenvalue weighted by Gasteiger charge is 2.23. The van der Waals surface area contributed by atoms with E-state index < -0.39 is 40.5 Å². The largest absolute Gasteiger partial charge is 0.481 e. The summed E-state index contributed by atoms with van der Waals surface area (Å²) >= 11 is 0. The van der Waals surface area contributed by atoms with Gasteiger partial charge in [0.1, 0.15) is 0 Å². The SMILES string of the molecule is O=C(O)C[C@@H](O)c1cccc([N+](=O)[O-])c1F. The molecular formula is C9H8FNO5. The zero-order valence-corrected chi connectivity index (χ0v) is 7.96. The van der Waals surface area contributed by atoms with Crippen molar-refractivity contribution in [3.05, 3.63) is 39.7 Å². The molecule has 0 saturated carbocycles. The Balaban J connectivity index is 3.10. The Labute approximate surface area is 89.1 Å². The number of nitro groups is 1. The molecule has 2 N–H and O–H groups in total. The molecule has 0 spiro atoms. The summed E-state index contributed by atoms with van der Waals surface area (Å²) in [4.78, 5) is 19.7. The molecule has 1 aromatic carbocycles. The molecule has 1 aromatic rings. The van der Waals surface area contributed by atoms with Crippen molar-refractivity contribution in [2.75, 3.05) is 0 Å². The van der Waals surface area contributed by atoms with E-state index in [1.54, 1.807) is 0 Å². The molecule has 0 bridgehead atoms. The number of carboxylic acid groups (broad SMARTS) is 1. The van der Waals surface area contributed by atoms with Crippen LogP contribution in [0.25, 0.3) is 0 Å². The predicted octanol–water partition coefficient (Wildman–Crippen LogP) is 1.24. The molecule has 1 rings (SSSR count). The number of rotatable bonds is 4. The monoisotopic (exact) mass is 229 g/mol. The van der Waals surface area contributed by atoms with Gasteiger partial charge in [0, 0.05) is 11.6 Å². The minimum atomic E-state index is -1.60. The Kier molecular flexibility index (Phi) is 3.51. The summed E-state index contributed by atoms with van der Waals surface area (Å²) in [5, 5.41) is 28.1. The molecule has 0 aromatic heterocycles. The molecular weight excluding hydrogens is 221 g/mol. The number of nitrogens with zero attached hydrogens (tertiary/aromatic N) is 1. The van der Waals surface area contributed by atoms with Gasteiger partial charge in [-0.1, -0.05) is 12.1 Å². The molecule has 0 radical (unpaired) electrons. The van der Waals surface area contributed by atoms with Crippen molar-refractivity contribution in [1.29, 1.82) is 0 Å². The molecule has 0 unspecified atom stereocenters. The number of carbonyl (C=O) groups is 1. The van der Waals surface area contributed by atoms with Crippen LogP contribution in [0.15, 0.2) is 18.2 Å². The van der Waals surface area contributed by atoms with Crippen molar-refractivity contribution in [1.82, 2.24) is 0 Å². The Morgan fingerprint density at radius 1 is 1.56 bits per heavy atom. The fourth-order valence-corrected chi connectivity index (χ4v) is 1.21. The quantitative estimate of drug-likeness (QED) is 0.597. The van der Waals surface area contributed by atoms with Gasteiger partial charge in [-0.3, -0.25) is 14.9 Å². The van der Waals surface area contributed by atoms with Crippen LogP contribution >= 0.6 is 0 Å². The van der Waals surface area contributed by atoms with Gasteiger partial charge in [-0.15, -0.1) is 0 Å². The molecule has 0 amide bonds. The van der Waals surface area contributed by atoms with Crippen LogP contribution in [0.5, 0.6) is 0 Å². The normalized spacial score (nSPS) is 12.1. The Morgan fingerprint density at radius 2 is 2.19 bits per heavy atom. The van der Waals surface area contributed by atoms with Crippen LogP contribution < -0.4 is 0 Å². The van der Waals surface area contributed by atoms with Gasteiger partial charge < -0.3 is 10.2 Å². The van der Waals surface area contributed by atoms with Gasteiger partial charge in [-0.2, -0.15) is 4.39 Å². The van der Waals surface area contributed by atoms with Gasteiger partial charge in [-0.05, 0) is 0 Å². The van der Waals surface area contributed by atoms with Gasteiger partial charge in [0.15, 0.2) is 0 Å². The average Bonchev–Trinajstić information content (AvgIpc) is 2.16. The first-order chi connectivity index (χ1) is 7.43. The van der Waals surface area contributed by atoms with Crippen LogP contribution in [-0.2, 0) is 4.79 Å². The topological polar surface area (TPSA) is 101 Å². The smallest absolute Gasteiger partial charge is 0.306 e. The molecule has 0 aliphatic rings. The minimum Gasteiger partial charge on any atom is -0.481 e. The van der Waals surface area contributed by atoms with E-state index in [0.29, 0.717) is 0 Å². The number of halogens is 1. The van der Waals surface area contributed by atoms with Gasteiger partial charge in [0.05, 0.1) is 17.4 Å². The molecule has 0 aliphatic heterocycles. The number of carboxylic acids is 1. The fraction of sp³-hybridized carbons (Fsp3) is 0.222. The number of aliphatic hydroxyl groups excluding tert-OH is 1. The number of benzene rings is 1. The highest BCUT2D eigenvalue weighted by Crippen LogP contribution is 2.26. The van der Waals surface area contributed by atoms with E-state index in [-0.39, 0.29) is 0 Å². The first-order valence-corrected chi connectivity index (χ1v) is 4.26. The lowest BCUT2D eigenvalue weighted by atomic mass is 10.1. The Morgan fingerprint density at radius 3 is 2.69 bits per heavy atom. The van der Waals surface area contributed by atoms with Gasteiger partial charge in [0.25, 0.3) is 0 Å². The Bertz CT molecular complexity index is 434. The predicted molar refractivity (Wildman–Crippen MR) is 50.3 cm³/mol. The first-order valence-electron chi connectivity index (χ1n) is 4.26. The fourth-order valence-electron chi connectivity index (χ4n) is 1.21. The van der Waals surface area contributed by atoms with E-state index in [9.17, 15) is 24.4 Å². The van der Waals surface area contributed by atoms with E-state index in [4.69, 9.17) is 5.11 Å². The maximum atomic E-state index is 13.4. The number of aliphatic hydroxyl groups is 1. The van der Waals surface area contributed by atoms with Crippen molar-refractivity contribution in [2.45, 2.75) is 12.5 Å². The highest BCUT2D eigenvalue weighted by molar-refractivity contribution is 5.67. The number of hydrogen-bond donors (Lipinski definition) is 2. The van der Waals surface area contributed by atoms with Crippen LogP contribution in [0.4, 0.5) is 10.1 Å². The van der Waals surface area contributed by atoms with Crippen molar-refractivity contribution in [3.8, 4) is 0 Å². The van der Waals surface area contributed by atoms with Crippen LogP contribution in [0.3, 0.4) is 0 Å². The summed E-state index contributed by atoms with van der Waals surface area (Å²) in [6, 6.07) is 3.23. The maximum Gasteiger partial charge on any atom is 0.306 e. The molecule has 1 atom stereocenters. The average molecular weight is 229 g/mol. The number of nitro benzene ring substituents is 1. The molecule has 0 aliphatic carbocycles. The molecule has 16 heavy (non-hydrogen) atoms. The third-order valence-corrected chi connectivity index (χ3v) is 1.93. The van der Waals surface area contributed by atoms with Crippen molar-refractivity contribution in [3.63, 3.8) is 0 Å². The first kappa shape index (κ1) is 12.1. The molecule has 0 fully saturated rings. The van der Waals surface area contributed by atoms with Crippen molar-refractivity contribution >= 4 is 11.7 Å². The third kappa shape index (κ3) is 2.51. The van der Waals surface area contributed by atoms with E-state index >= 15 is 0 Å². The van der Waals surface area contributed by atoms with Crippen molar-refractivity contribution in [2.24, 2.45) is 0 Å². The summed E-state index contributed by atoms with van der Waals surface area (Å²) in [6.07, 6.45) is -2.31. The van der Waals surface area contributed by atoms with Crippen LogP contribution in [0.1, 0.15) is 18.1 Å². The second-order valence-electron chi connectivity index (χ2n) is 3.05. The van der Waals surface area contributed by atoms with Crippen LogP contribution in [-0.4, -0.2) is 21.1 Å². The highest BCUT2D eigenvalue weighted by atomic mass is 19.1. The molecule has 0 saturated heterocycles. The Hall–Kier alpha value is -2.02. The molecule has 7 heteroatoms. The molecule has 0 heterocycles. The second kappa shape index (κ2) is 4.67. The lowest BCUT2D eigenvalue weighted by molar-refractivity contribution is -0.387. The van der Waals surface area contributed by atoms with E-state index in [0.717, 1.165) is 12.1 Å². The standard InChI is InChI=1S/C9H8FNO5/c10-9-5(7(12)4-8(13)14)2-1-3-6(9)11(15)16/h1-3,7,12H,4H2,(H,13,14)/t7-/m1/s1. The van der Waals surface area contributed by atoms with Gasteiger partial charge in [-0.25, -0.2) is 0 Å². The summed E-state index contributed by atoms with van der Waals surface area (Å²) in [5.74, 6) is -2.53. The van der Waals surface area contributed by atoms with Gasteiger partial charge in [0.2, 0.25) is 5.82 Å². The van der Waals surface area contributed by atoms with Crippen molar-refractivity contribution < 1.29 is 24.3 Å². The summed E-state index contributed by atoms with van der Waals surface area (Å²) in [7, 11) is 0. The lowest BCUT2D eigenvalue weighted by Gasteiger charge is -2.08. The van der Waals surface area contributed by atoms with E-state index in [1.807, 2.05) is 0 Å². The number of aliphatic carboxylic acids is 1. The van der Waals surface area contributed by atoms with Crippen LogP contribution in [0, 0.1) is 15.9 Å². The number of hydrogen-bond acceptors (Lipinski definition) is 4. The zero-order chi connectivity index (χ0) is 12.3. The lowest BCUT2D eigenvalue weighted by Crippen LogP contribution is -2.08. The zero-order valence-electron chi connectivity index (χ0n) is 7.96. The summed E-state index contributed by atoms with van der Waals surface area (Å²) in [5.41, 5.74) is -1.18.